The van der Waals surface area contributed by atoms with Crippen LogP contribution in [-0.4, -0.2) is 22.3 Å². The summed E-state index contributed by atoms with van der Waals surface area (Å²) in [4.78, 5) is 12.1. The second-order valence-corrected chi connectivity index (χ2v) is 4.71. The van der Waals surface area contributed by atoms with Gasteiger partial charge in [0.15, 0.2) is 0 Å². The van der Waals surface area contributed by atoms with Crippen molar-refractivity contribution in [2.24, 2.45) is 0 Å². The van der Waals surface area contributed by atoms with Gasteiger partial charge >= 0.3 is 0 Å². The Morgan fingerprint density at radius 3 is 2.57 bits per heavy atom. The van der Waals surface area contributed by atoms with Crippen LogP contribution < -0.4 is 10.1 Å². The molecule has 0 saturated heterocycles. The van der Waals surface area contributed by atoms with Crippen molar-refractivity contribution >= 4 is 5.91 Å². The summed E-state index contributed by atoms with van der Waals surface area (Å²) >= 11 is 0. The number of rotatable bonds is 6. The lowest BCUT2D eigenvalue weighted by molar-refractivity contribution is 0.0951. The highest BCUT2D eigenvalue weighted by Gasteiger charge is 2.09. The molecule has 1 N–H and O–H groups in total. The Kier molecular flexibility index (Phi) is 4.98. The van der Waals surface area contributed by atoms with Gasteiger partial charge in [-0.25, -0.2) is 0 Å². The van der Waals surface area contributed by atoms with Crippen molar-refractivity contribution in [1.29, 1.82) is 0 Å². The molecule has 0 fully saturated rings. The molecule has 0 aliphatic heterocycles. The monoisotopic (exact) mass is 287 g/mol. The number of aromatic nitrogens is 2. The van der Waals surface area contributed by atoms with Gasteiger partial charge in [0.25, 0.3) is 5.91 Å². The molecule has 5 nitrogen and oxygen atoms in total. The zero-order valence-electron chi connectivity index (χ0n) is 12.7. The lowest BCUT2D eigenvalue weighted by atomic mass is 10.2. The third-order valence-corrected chi connectivity index (χ3v) is 3.37. The Bertz CT molecular complexity index is 602. The fourth-order valence-corrected chi connectivity index (χ4v) is 2.12. The Morgan fingerprint density at radius 1 is 1.29 bits per heavy atom. The predicted octanol–water partition coefficient (Wildman–Crippen LogP) is 2.54. The molecule has 1 heterocycles. The summed E-state index contributed by atoms with van der Waals surface area (Å²) in [6.07, 6.45) is 1.80. The van der Waals surface area contributed by atoms with Crippen molar-refractivity contribution in [3.8, 4) is 5.75 Å². The molecule has 21 heavy (non-hydrogen) atoms. The van der Waals surface area contributed by atoms with Crippen LogP contribution in [0.2, 0.25) is 0 Å². The molecule has 0 aliphatic carbocycles. The highest BCUT2D eigenvalue weighted by molar-refractivity contribution is 5.94. The Hall–Kier alpha value is -2.30. The summed E-state index contributed by atoms with van der Waals surface area (Å²) in [7, 11) is 0. The summed E-state index contributed by atoms with van der Waals surface area (Å²) in [6.45, 7) is 7.92. The Balaban J connectivity index is 1.96. The van der Waals surface area contributed by atoms with Crippen LogP contribution in [0.1, 0.15) is 35.5 Å². The lowest BCUT2D eigenvalue weighted by Crippen LogP contribution is -2.23. The first-order valence-electron chi connectivity index (χ1n) is 7.18. The molecular formula is C16H21N3O2. The molecule has 1 aromatic heterocycles. The quantitative estimate of drug-likeness (QED) is 0.888. The van der Waals surface area contributed by atoms with E-state index in [0.717, 1.165) is 23.6 Å². The fourth-order valence-electron chi connectivity index (χ4n) is 2.12. The van der Waals surface area contributed by atoms with Crippen molar-refractivity contribution in [3.05, 3.63) is 47.3 Å². The van der Waals surface area contributed by atoms with E-state index in [1.807, 2.05) is 25.5 Å². The fraction of sp³-hybridized carbons (Fsp3) is 0.375. The molecule has 0 atom stereocenters. The topological polar surface area (TPSA) is 56.1 Å². The molecule has 0 unspecified atom stereocenters. The number of carbonyl (C=O) groups excluding carboxylic acids is 1. The SMILES string of the molecule is CCOc1ccc(C(=O)NCc2cnn(CC)c2C)cc1. The number of benzene rings is 1. The highest BCUT2D eigenvalue weighted by Crippen LogP contribution is 2.12. The van der Waals surface area contributed by atoms with E-state index in [1.165, 1.54) is 0 Å². The van der Waals surface area contributed by atoms with Crippen molar-refractivity contribution in [3.63, 3.8) is 0 Å². The summed E-state index contributed by atoms with van der Waals surface area (Å²) in [5.74, 6) is 0.677. The van der Waals surface area contributed by atoms with E-state index in [9.17, 15) is 4.79 Å². The zero-order chi connectivity index (χ0) is 15.2. The summed E-state index contributed by atoms with van der Waals surface area (Å²) in [5.41, 5.74) is 2.75. The van der Waals surface area contributed by atoms with E-state index in [2.05, 4.69) is 10.4 Å². The number of carbonyl (C=O) groups is 1. The van der Waals surface area contributed by atoms with Gasteiger partial charge in [0.1, 0.15) is 5.75 Å². The average molecular weight is 287 g/mol. The number of hydrogen-bond donors (Lipinski definition) is 1. The molecule has 112 valence electrons. The molecular weight excluding hydrogens is 266 g/mol. The van der Waals surface area contributed by atoms with E-state index in [-0.39, 0.29) is 5.91 Å². The smallest absolute Gasteiger partial charge is 0.251 e. The van der Waals surface area contributed by atoms with Gasteiger partial charge in [0.2, 0.25) is 0 Å². The maximum atomic E-state index is 12.1. The van der Waals surface area contributed by atoms with Crippen LogP contribution in [0, 0.1) is 6.92 Å². The van der Waals surface area contributed by atoms with Gasteiger partial charge < -0.3 is 10.1 Å². The molecule has 0 spiro atoms. The van der Waals surface area contributed by atoms with E-state index in [4.69, 9.17) is 4.74 Å². The van der Waals surface area contributed by atoms with Crippen molar-refractivity contribution in [1.82, 2.24) is 15.1 Å². The second-order valence-electron chi connectivity index (χ2n) is 4.71. The van der Waals surface area contributed by atoms with Gasteiger partial charge in [-0.1, -0.05) is 0 Å². The van der Waals surface area contributed by atoms with E-state index >= 15 is 0 Å². The molecule has 5 heteroatoms. The number of amides is 1. The standard InChI is InChI=1S/C16H21N3O2/c1-4-19-12(3)14(11-18-19)10-17-16(20)13-6-8-15(9-7-13)21-5-2/h6-9,11H,4-5,10H2,1-3H3,(H,17,20). The molecule has 0 aliphatic rings. The minimum atomic E-state index is -0.0957. The van der Waals surface area contributed by atoms with Crippen LogP contribution in [0.15, 0.2) is 30.5 Å². The first-order valence-corrected chi connectivity index (χ1v) is 7.18. The first-order chi connectivity index (χ1) is 10.2. The number of nitrogens with zero attached hydrogens (tertiary/aromatic N) is 2. The minimum absolute atomic E-state index is 0.0957. The van der Waals surface area contributed by atoms with E-state index < -0.39 is 0 Å². The zero-order valence-corrected chi connectivity index (χ0v) is 12.7. The highest BCUT2D eigenvalue weighted by atomic mass is 16.5. The van der Waals surface area contributed by atoms with Crippen molar-refractivity contribution in [2.75, 3.05) is 6.61 Å². The van der Waals surface area contributed by atoms with Gasteiger partial charge in [-0.2, -0.15) is 5.10 Å². The number of nitrogens with one attached hydrogen (secondary N) is 1. The maximum absolute atomic E-state index is 12.1. The molecule has 0 radical (unpaired) electrons. The average Bonchev–Trinajstić information content (AvgIpc) is 2.86. The van der Waals surface area contributed by atoms with Crippen LogP contribution >= 0.6 is 0 Å². The van der Waals surface area contributed by atoms with Crippen molar-refractivity contribution < 1.29 is 9.53 Å². The van der Waals surface area contributed by atoms with Crippen LogP contribution in [0.5, 0.6) is 5.75 Å². The summed E-state index contributed by atoms with van der Waals surface area (Å²) < 4.78 is 7.27. The van der Waals surface area contributed by atoms with Crippen LogP contribution in [0.25, 0.3) is 0 Å². The van der Waals surface area contributed by atoms with Crippen molar-refractivity contribution in [2.45, 2.75) is 33.9 Å². The molecule has 2 rings (SSSR count). The van der Waals surface area contributed by atoms with Gasteiger partial charge in [0, 0.05) is 29.9 Å². The number of ether oxygens (including phenoxy) is 1. The van der Waals surface area contributed by atoms with Gasteiger partial charge in [-0.3, -0.25) is 9.48 Å². The normalized spacial score (nSPS) is 10.4. The maximum Gasteiger partial charge on any atom is 0.251 e. The predicted molar refractivity (Wildman–Crippen MR) is 81.4 cm³/mol. The molecule has 1 amide bonds. The van der Waals surface area contributed by atoms with E-state index in [1.54, 1.807) is 30.5 Å². The lowest BCUT2D eigenvalue weighted by Gasteiger charge is -2.07. The van der Waals surface area contributed by atoms with Gasteiger partial charge in [-0.15, -0.1) is 0 Å². The first kappa shape index (κ1) is 15.1. The van der Waals surface area contributed by atoms with Crippen LogP contribution in [0.4, 0.5) is 0 Å². The molecule has 2 aromatic rings. The Morgan fingerprint density at radius 2 is 2.00 bits per heavy atom. The minimum Gasteiger partial charge on any atom is -0.494 e. The summed E-state index contributed by atoms with van der Waals surface area (Å²) in [5, 5.41) is 7.18. The van der Waals surface area contributed by atoms with Crippen LogP contribution in [-0.2, 0) is 13.1 Å². The largest absolute Gasteiger partial charge is 0.494 e. The number of aryl methyl sites for hydroxylation is 1. The molecule has 0 bridgehead atoms. The van der Waals surface area contributed by atoms with Gasteiger partial charge in [0.05, 0.1) is 12.8 Å². The van der Waals surface area contributed by atoms with Crippen LogP contribution in [0.3, 0.4) is 0 Å². The Labute approximate surface area is 124 Å². The third kappa shape index (κ3) is 3.62. The summed E-state index contributed by atoms with van der Waals surface area (Å²) in [6, 6.07) is 7.14. The van der Waals surface area contributed by atoms with Gasteiger partial charge in [-0.05, 0) is 45.0 Å². The van der Waals surface area contributed by atoms with E-state index in [0.29, 0.717) is 18.7 Å². The second kappa shape index (κ2) is 6.92. The number of hydrogen-bond acceptors (Lipinski definition) is 3. The molecule has 0 saturated carbocycles. The molecule has 1 aromatic carbocycles. The third-order valence-electron chi connectivity index (χ3n) is 3.37.